The summed E-state index contributed by atoms with van der Waals surface area (Å²) in [4.78, 5) is 15.3. The van der Waals surface area contributed by atoms with Crippen LogP contribution in [0.2, 0.25) is 5.02 Å². The molecule has 1 N–H and O–H groups in total. The number of fused-ring (bicyclic) bond motifs is 1. The number of aromatic nitrogens is 1. The molecule has 1 aromatic heterocycles. The van der Waals surface area contributed by atoms with Crippen molar-refractivity contribution in [1.82, 2.24) is 15.4 Å². The fourth-order valence-corrected chi connectivity index (χ4v) is 7.43. The van der Waals surface area contributed by atoms with E-state index in [0.29, 0.717) is 42.5 Å². The minimum Gasteiger partial charge on any atom is -0.356 e. The van der Waals surface area contributed by atoms with Crippen molar-refractivity contribution in [2.24, 2.45) is 11.8 Å². The second kappa shape index (κ2) is 11.8. The lowest BCUT2D eigenvalue weighted by molar-refractivity contribution is -0.183. The van der Waals surface area contributed by atoms with Gasteiger partial charge in [0, 0.05) is 47.7 Å². The fourth-order valence-electron chi connectivity index (χ4n) is 7.27. The molecule has 1 spiro atoms. The number of nitrogens with one attached hydrogen (secondary N) is 1. The standard InChI is InChI=1S/C30H42ClN3O4/c31-24-3-6-26-27(20-24)38-33-29(26)23-10-15-34(16-11-23)14-9-21-1-4-25(5-2-21)32-28(35)19-22-7-12-30(13-8-22)36-17-18-37-30/h3,6,20-23,25H,1-2,4-5,7-19H2,(H,32,35). The van der Waals surface area contributed by atoms with E-state index >= 15 is 0 Å². The van der Waals surface area contributed by atoms with Crippen LogP contribution in [0.3, 0.4) is 0 Å². The quantitative estimate of drug-likeness (QED) is 0.458. The lowest BCUT2D eigenvalue weighted by Crippen LogP contribution is -2.40. The number of hydrogen-bond acceptors (Lipinski definition) is 6. The number of likely N-dealkylation sites (tertiary alicyclic amines) is 1. The van der Waals surface area contributed by atoms with Crippen LogP contribution < -0.4 is 5.32 Å². The van der Waals surface area contributed by atoms with Crippen LogP contribution in [0.4, 0.5) is 0 Å². The second-order valence-electron chi connectivity index (χ2n) is 12.2. The van der Waals surface area contributed by atoms with Crippen molar-refractivity contribution in [3.8, 4) is 0 Å². The van der Waals surface area contributed by atoms with Crippen molar-refractivity contribution in [3.63, 3.8) is 0 Å². The maximum atomic E-state index is 12.7. The Hall–Kier alpha value is -1.67. The zero-order valence-corrected chi connectivity index (χ0v) is 23.2. The summed E-state index contributed by atoms with van der Waals surface area (Å²) in [6, 6.07) is 6.18. The van der Waals surface area contributed by atoms with E-state index < -0.39 is 0 Å². The summed E-state index contributed by atoms with van der Waals surface area (Å²) < 4.78 is 17.2. The zero-order chi connectivity index (χ0) is 26.0. The Kier molecular flexibility index (Phi) is 8.26. The van der Waals surface area contributed by atoms with Crippen molar-refractivity contribution in [1.29, 1.82) is 0 Å². The van der Waals surface area contributed by atoms with Crippen LogP contribution in [-0.4, -0.2) is 60.6 Å². The van der Waals surface area contributed by atoms with Crippen molar-refractivity contribution in [2.75, 3.05) is 32.8 Å². The van der Waals surface area contributed by atoms with E-state index in [0.717, 1.165) is 87.0 Å². The minimum absolute atomic E-state index is 0.244. The number of piperidine rings is 1. The van der Waals surface area contributed by atoms with E-state index in [1.807, 2.05) is 18.2 Å². The van der Waals surface area contributed by atoms with Crippen LogP contribution in [0.5, 0.6) is 0 Å². The predicted molar refractivity (Wildman–Crippen MR) is 147 cm³/mol. The molecule has 2 saturated heterocycles. The Morgan fingerprint density at radius 1 is 1.00 bits per heavy atom. The number of carbonyl (C=O) groups is 1. The van der Waals surface area contributed by atoms with Crippen LogP contribution >= 0.6 is 11.6 Å². The number of rotatable bonds is 7. The van der Waals surface area contributed by atoms with E-state index in [4.69, 9.17) is 25.6 Å². The molecule has 2 aromatic rings. The van der Waals surface area contributed by atoms with Gasteiger partial charge in [0.05, 0.1) is 18.9 Å². The maximum absolute atomic E-state index is 12.7. The summed E-state index contributed by atoms with van der Waals surface area (Å²) in [5, 5.41) is 9.54. The molecule has 7 nitrogen and oxygen atoms in total. The lowest BCUT2D eigenvalue weighted by Gasteiger charge is -2.36. The fraction of sp³-hybridized carbons (Fsp3) is 0.733. The Labute approximate surface area is 230 Å². The van der Waals surface area contributed by atoms with Gasteiger partial charge in [-0.3, -0.25) is 4.79 Å². The largest absolute Gasteiger partial charge is 0.356 e. The number of nitrogens with zero attached hydrogens (tertiary/aromatic N) is 2. The molecule has 2 aliphatic carbocycles. The summed E-state index contributed by atoms with van der Waals surface area (Å²) in [7, 11) is 0. The average molecular weight is 544 g/mol. The third kappa shape index (κ3) is 6.22. The molecule has 6 rings (SSSR count). The molecule has 208 valence electrons. The smallest absolute Gasteiger partial charge is 0.220 e. The van der Waals surface area contributed by atoms with Crippen molar-refractivity contribution in [2.45, 2.75) is 94.8 Å². The van der Waals surface area contributed by atoms with Crippen LogP contribution in [0, 0.1) is 11.8 Å². The van der Waals surface area contributed by atoms with Gasteiger partial charge in [0.15, 0.2) is 11.4 Å². The van der Waals surface area contributed by atoms with Crippen molar-refractivity contribution < 1.29 is 18.8 Å². The first-order valence-electron chi connectivity index (χ1n) is 14.9. The lowest BCUT2D eigenvalue weighted by atomic mass is 9.82. The van der Waals surface area contributed by atoms with Crippen LogP contribution in [0.25, 0.3) is 11.0 Å². The first-order chi connectivity index (χ1) is 18.6. The van der Waals surface area contributed by atoms with E-state index in [1.165, 1.54) is 25.8 Å². The molecular weight excluding hydrogens is 502 g/mol. The second-order valence-corrected chi connectivity index (χ2v) is 12.6. The number of benzene rings is 1. The molecule has 2 saturated carbocycles. The zero-order valence-electron chi connectivity index (χ0n) is 22.5. The third-order valence-electron chi connectivity index (χ3n) is 9.66. The molecule has 8 heteroatoms. The molecule has 0 unspecified atom stereocenters. The molecule has 1 amide bonds. The minimum atomic E-state index is -0.331. The molecule has 3 heterocycles. The number of halogens is 1. The first-order valence-corrected chi connectivity index (χ1v) is 15.3. The average Bonchev–Trinajstić information content (AvgIpc) is 3.57. The summed E-state index contributed by atoms with van der Waals surface area (Å²) in [5.41, 5.74) is 1.89. The van der Waals surface area contributed by atoms with Gasteiger partial charge in [0.1, 0.15) is 0 Å². The number of amides is 1. The highest BCUT2D eigenvalue weighted by molar-refractivity contribution is 6.31. The first kappa shape index (κ1) is 26.5. The monoisotopic (exact) mass is 543 g/mol. The predicted octanol–water partition coefficient (Wildman–Crippen LogP) is 6.05. The van der Waals surface area contributed by atoms with Gasteiger partial charge in [-0.15, -0.1) is 0 Å². The highest BCUT2D eigenvalue weighted by Gasteiger charge is 2.40. The van der Waals surface area contributed by atoms with Gasteiger partial charge in [0.25, 0.3) is 0 Å². The third-order valence-corrected chi connectivity index (χ3v) is 9.89. The SMILES string of the molecule is O=C(CC1CCC2(CC1)OCCO2)NC1CCC(CCN2CCC(c3noc4cc(Cl)ccc34)CC2)CC1. The van der Waals surface area contributed by atoms with E-state index in [9.17, 15) is 4.79 Å². The summed E-state index contributed by atoms with van der Waals surface area (Å²) in [6.07, 6.45) is 12.8. The molecule has 0 bridgehead atoms. The van der Waals surface area contributed by atoms with E-state index in [-0.39, 0.29) is 11.7 Å². The molecule has 0 atom stereocenters. The van der Waals surface area contributed by atoms with Crippen molar-refractivity contribution in [3.05, 3.63) is 28.9 Å². The molecule has 2 aliphatic heterocycles. The summed E-state index contributed by atoms with van der Waals surface area (Å²) in [6.45, 7) is 4.85. The summed E-state index contributed by atoms with van der Waals surface area (Å²) in [5.74, 6) is 1.63. The molecule has 4 aliphatic rings. The molecule has 0 radical (unpaired) electrons. The molecule has 4 fully saturated rings. The topological polar surface area (TPSA) is 76.8 Å². The van der Waals surface area contributed by atoms with Gasteiger partial charge in [-0.25, -0.2) is 0 Å². The van der Waals surface area contributed by atoms with Gasteiger partial charge < -0.3 is 24.2 Å². The van der Waals surface area contributed by atoms with Gasteiger partial charge >= 0.3 is 0 Å². The van der Waals surface area contributed by atoms with E-state index in [2.05, 4.69) is 15.4 Å². The van der Waals surface area contributed by atoms with Crippen LogP contribution in [0.15, 0.2) is 22.7 Å². The summed E-state index contributed by atoms with van der Waals surface area (Å²) >= 11 is 6.10. The van der Waals surface area contributed by atoms with Gasteiger partial charge in [0.2, 0.25) is 5.91 Å². The van der Waals surface area contributed by atoms with Crippen molar-refractivity contribution >= 4 is 28.5 Å². The van der Waals surface area contributed by atoms with E-state index in [1.54, 1.807) is 0 Å². The number of ether oxygens (including phenoxy) is 2. The highest BCUT2D eigenvalue weighted by atomic mass is 35.5. The van der Waals surface area contributed by atoms with Gasteiger partial charge in [-0.05, 0) is 101 Å². The number of carbonyl (C=O) groups excluding carboxylic acids is 1. The van der Waals surface area contributed by atoms with Crippen LogP contribution in [-0.2, 0) is 14.3 Å². The Balaban J connectivity index is 0.864. The number of hydrogen-bond donors (Lipinski definition) is 1. The van der Waals surface area contributed by atoms with Gasteiger partial charge in [-0.2, -0.15) is 0 Å². The van der Waals surface area contributed by atoms with Crippen LogP contribution in [0.1, 0.15) is 88.7 Å². The highest BCUT2D eigenvalue weighted by Crippen LogP contribution is 2.39. The van der Waals surface area contributed by atoms with Gasteiger partial charge in [-0.1, -0.05) is 16.8 Å². The Bertz CT molecular complexity index is 1070. The maximum Gasteiger partial charge on any atom is 0.220 e. The Morgan fingerprint density at radius 2 is 1.74 bits per heavy atom. The normalized spacial score (nSPS) is 27.3. The molecule has 38 heavy (non-hydrogen) atoms. The molecular formula is C30H42ClN3O4. The molecule has 1 aromatic carbocycles. The Morgan fingerprint density at radius 3 is 2.47 bits per heavy atom.